The molecule has 0 N–H and O–H groups in total. The zero-order valence-corrected chi connectivity index (χ0v) is 20.3. The molecule has 8 heteroatoms. The van der Waals surface area contributed by atoms with Crippen LogP contribution in [0.2, 0.25) is 0 Å². The van der Waals surface area contributed by atoms with Crippen LogP contribution in [-0.2, 0) is 19.2 Å². The number of esters is 1. The molecule has 2 aliphatic heterocycles. The number of benzene rings is 2. The molecule has 4 aliphatic rings. The van der Waals surface area contributed by atoms with Gasteiger partial charge >= 0.3 is 5.97 Å². The van der Waals surface area contributed by atoms with Gasteiger partial charge in [-0.25, -0.2) is 4.90 Å². The molecular formula is C28H28N2O6. The van der Waals surface area contributed by atoms with Gasteiger partial charge in [-0.1, -0.05) is 6.07 Å². The third kappa shape index (κ3) is 3.50. The minimum Gasteiger partial charge on any atom is -0.497 e. The van der Waals surface area contributed by atoms with Crippen molar-refractivity contribution < 1.29 is 28.7 Å². The van der Waals surface area contributed by atoms with E-state index in [0.717, 1.165) is 19.3 Å². The Labute approximate surface area is 209 Å². The minimum atomic E-state index is -0.597. The first kappa shape index (κ1) is 22.8. The highest BCUT2D eigenvalue weighted by Gasteiger charge is 2.61. The zero-order valence-electron chi connectivity index (χ0n) is 20.3. The largest absolute Gasteiger partial charge is 0.497 e. The van der Waals surface area contributed by atoms with Gasteiger partial charge in [-0.3, -0.25) is 19.2 Å². The van der Waals surface area contributed by atoms with Crippen molar-refractivity contribution in [1.29, 1.82) is 0 Å². The van der Waals surface area contributed by atoms with Crippen LogP contribution >= 0.6 is 0 Å². The second kappa shape index (κ2) is 8.47. The average molecular weight is 489 g/mol. The Bertz CT molecular complexity index is 1260. The molecular weight excluding hydrogens is 460 g/mol. The summed E-state index contributed by atoms with van der Waals surface area (Å²) in [7, 11) is 1.56. The molecule has 2 heterocycles. The van der Waals surface area contributed by atoms with Crippen molar-refractivity contribution in [3.05, 3.63) is 48.0 Å². The van der Waals surface area contributed by atoms with Gasteiger partial charge in [0, 0.05) is 24.7 Å². The van der Waals surface area contributed by atoms with Crippen LogP contribution in [0.4, 0.5) is 11.4 Å². The summed E-state index contributed by atoms with van der Waals surface area (Å²) in [6.07, 6.45) is 3.12. The van der Waals surface area contributed by atoms with E-state index >= 15 is 0 Å². The third-order valence-electron chi connectivity index (χ3n) is 8.38. The first-order chi connectivity index (χ1) is 17.4. The minimum absolute atomic E-state index is 0.0645. The number of nitrogens with zero attached hydrogens (tertiary/aromatic N) is 2. The van der Waals surface area contributed by atoms with E-state index in [1.165, 1.54) is 4.90 Å². The molecule has 0 radical (unpaired) electrons. The summed E-state index contributed by atoms with van der Waals surface area (Å²) in [6, 6.07) is 12.1. The summed E-state index contributed by atoms with van der Waals surface area (Å²) in [5.41, 5.74) is 1.92. The number of hydrogen-bond acceptors (Lipinski definition) is 6. The lowest BCUT2D eigenvalue weighted by molar-refractivity contribution is -0.139. The molecule has 2 saturated heterocycles. The average Bonchev–Trinajstić information content (AvgIpc) is 3.63. The van der Waals surface area contributed by atoms with E-state index in [1.807, 2.05) is 0 Å². The molecule has 2 saturated carbocycles. The number of hydrogen-bond donors (Lipinski definition) is 0. The monoisotopic (exact) mass is 488 g/mol. The number of fused-ring (bicyclic) bond motifs is 5. The van der Waals surface area contributed by atoms with E-state index in [4.69, 9.17) is 9.47 Å². The molecule has 186 valence electrons. The van der Waals surface area contributed by atoms with Crippen molar-refractivity contribution in [2.24, 2.45) is 29.6 Å². The molecule has 2 aromatic carbocycles. The number of methoxy groups -OCH3 is 1. The molecule has 3 amide bonds. The van der Waals surface area contributed by atoms with Crippen LogP contribution in [0.25, 0.3) is 0 Å². The first-order valence-corrected chi connectivity index (χ1v) is 12.5. The van der Waals surface area contributed by atoms with Crippen molar-refractivity contribution in [2.45, 2.75) is 32.6 Å². The number of ether oxygens (including phenoxy) is 2. The van der Waals surface area contributed by atoms with Crippen molar-refractivity contribution in [3.63, 3.8) is 0 Å². The summed E-state index contributed by atoms with van der Waals surface area (Å²) < 4.78 is 10.8. The zero-order chi connectivity index (χ0) is 25.1. The number of imide groups is 1. The fraction of sp³-hybridized carbons (Fsp3) is 0.429. The maximum Gasteiger partial charge on any atom is 0.316 e. The quantitative estimate of drug-likeness (QED) is 0.363. The number of carbonyl (C=O) groups is 4. The van der Waals surface area contributed by atoms with Gasteiger partial charge in [0.05, 0.1) is 30.6 Å². The van der Waals surface area contributed by atoms with Crippen LogP contribution in [0, 0.1) is 36.5 Å². The second-order valence-corrected chi connectivity index (χ2v) is 10.4. The van der Waals surface area contributed by atoms with Gasteiger partial charge in [0.1, 0.15) is 11.5 Å². The van der Waals surface area contributed by atoms with E-state index in [2.05, 4.69) is 0 Å². The number of rotatable bonds is 5. The molecule has 2 aliphatic carbocycles. The summed E-state index contributed by atoms with van der Waals surface area (Å²) in [5, 5.41) is 0. The Morgan fingerprint density at radius 1 is 0.944 bits per heavy atom. The normalized spacial score (nSPS) is 28.7. The Morgan fingerprint density at radius 2 is 1.67 bits per heavy atom. The molecule has 36 heavy (non-hydrogen) atoms. The summed E-state index contributed by atoms with van der Waals surface area (Å²) >= 11 is 0. The lowest BCUT2D eigenvalue weighted by Gasteiger charge is -2.20. The van der Waals surface area contributed by atoms with E-state index in [0.29, 0.717) is 40.3 Å². The van der Waals surface area contributed by atoms with Crippen LogP contribution in [0.15, 0.2) is 42.5 Å². The topological polar surface area (TPSA) is 93.2 Å². The Kier molecular flexibility index (Phi) is 5.35. The van der Waals surface area contributed by atoms with Gasteiger partial charge in [0.25, 0.3) is 0 Å². The Balaban J connectivity index is 1.15. The van der Waals surface area contributed by atoms with Gasteiger partial charge in [-0.2, -0.15) is 0 Å². The molecule has 0 aromatic heterocycles. The van der Waals surface area contributed by atoms with Gasteiger partial charge in [-0.05, 0) is 73.9 Å². The summed E-state index contributed by atoms with van der Waals surface area (Å²) in [4.78, 5) is 54.7. The highest BCUT2D eigenvalue weighted by molar-refractivity contribution is 6.23. The fourth-order valence-electron chi connectivity index (χ4n) is 6.68. The van der Waals surface area contributed by atoms with Gasteiger partial charge in [-0.15, -0.1) is 0 Å². The van der Waals surface area contributed by atoms with Crippen molar-refractivity contribution >= 4 is 35.1 Å². The second-order valence-electron chi connectivity index (χ2n) is 10.4. The van der Waals surface area contributed by atoms with Crippen LogP contribution in [0.3, 0.4) is 0 Å². The smallest absolute Gasteiger partial charge is 0.316 e. The highest BCUT2D eigenvalue weighted by Crippen LogP contribution is 2.56. The molecule has 0 spiro atoms. The van der Waals surface area contributed by atoms with Gasteiger partial charge < -0.3 is 14.4 Å². The Hall–Kier alpha value is -3.68. The van der Waals surface area contributed by atoms with E-state index in [9.17, 15) is 19.2 Å². The number of aryl methyl sites for hydroxylation is 1. The van der Waals surface area contributed by atoms with Crippen LogP contribution in [-0.4, -0.2) is 37.3 Å². The predicted octanol–water partition coefficient (Wildman–Crippen LogP) is 3.50. The van der Waals surface area contributed by atoms with Gasteiger partial charge in [0.2, 0.25) is 17.7 Å². The maximum atomic E-state index is 13.2. The highest BCUT2D eigenvalue weighted by atomic mass is 16.5. The van der Waals surface area contributed by atoms with Crippen LogP contribution in [0.5, 0.6) is 11.5 Å². The van der Waals surface area contributed by atoms with E-state index < -0.39 is 11.9 Å². The Morgan fingerprint density at radius 3 is 2.33 bits per heavy atom. The number of anilines is 2. The molecule has 6 rings (SSSR count). The van der Waals surface area contributed by atoms with Crippen molar-refractivity contribution in [3.8, 4) is 11.5 Å². The molecule has 5 atom stereocenters. The van der Waals surface area contributed by atoms with Crippen molar-refractivity contribution in [1.82, 2.24) is 0 Å². The first-order valence-electron chi connectivity index (χ1n) is 12.5. The van der Waals surface area contributed by atoms with Crippen LogP contribution in [0.1, 0.15) is 31.2 Å². The number of carbonyl (C=O) groups excluding carboxylic acids is 4. The third-order valence-corrected chi connectivity index (χ3v) is 8.38. The maximum absolute atomic E-state index is 13.2. The lowest BCUT2D eigenvalue weighted by Crippen LogP contribution is -2.33. The number of amides is 3. The lowest BCUT2D eigenvalue weighted by atomic mass is 9.81. The fourth-order valence-corrected chi connectivity index (χ4v) is 6.68. The predicted molar refractivity (Wildman–Crippen MR) is 131 cm³/mol. The van der Waals surface area contributed by atoms with Gasteiger partial charge in [0.15, 0.2) is 0 Å². The molecule has 4 fully saturated rings. The van der Waals surface area contributed by atoms with Crippen LogP contribution < -0.4 is 19.3 Å². The van der Waals surface area contributed by atoms with E-state index in [-0.39, 0.29) is 42.5 Å². The van der Waals surface area contributed by atoms with Crippen molar-refractivity contribution in [2.75, 3.05) is 23.5 Å². The summed E-state index contributed by atoms with van der Waals surface area (Å²) in [6.45, 7) is 2.03. The standard InChI is InChI=1S/C28H28N2O6/c1-15-10-21(8-9-22(15)30-26(32)24-16-6-7-17(11-16)25(24)27(30)33)36-28(34)18-12-23(31)29(14-18)19-4-3-5-20(13-19)35-2/h3-5,8-10,13,16-18,24-25H,6-7,11-12,14H2,1-2H3/t16-,17+,18-,24-,25-/m0/s1. The van der Waals surface area contributed by atoms with E-state index in [1.54, 1.807) is 61.4 Å². The summed E-state index contributed by atoms with van der Waals surface area (Å²) in [5.74, 6) is -0.162. The molecule has 0 unspecified atom stereocenters. The molecule has 2 bridgehead atoms. The molecule has 2 aromatic rings. The SMILES string of the molecule is COc1cccc(N2C[C@@H](C(=O)Oc3ccc(N4C(=O)[C@H]5[C@@H]6CC[C@@H](C6)[C@@H]5C4=O)c(C)c3)CC2=O)c1. The molecule has 8 nitrogen and oxygen atoms in total.